The van der Waals surface area contributed by atoms with Crippen molar-refractivity contribution in [3.63, 3.8) is 0 Å². The van der Waals surface area contributed by atoms with Gasteiger partial charge in [0.15, 0.2) is 0 Å². The molecule has 0 aliphatic heterocycles. The van der Waals surface area contributed by atoms with E-state index in [1.54, 1.807) is 0 Å². The zero-order chi connectivity index (χ0) is 13.8. The maximum absolute atomic E-state index is 3.73. The Morgan fingerprint density at radius 1 is 1.42 bits per heavy atom. The van der Waals surface area contributed by atoms with E-state index in [1.165, 1.54) is 39.3 Å². The van der Waals surface area contributed by atoms with Crippen LogP contribution in [0.25, 0.3) is 0 Å². The number of benzene rings is 1. The summed E-state index contributed by atoms with van der Waals surface area (Å²) in [7, 11) is 0. The molecule has 2 rings (SSSR count). The molecule has 1 fully saturated rings. The fourth-order valence-electron chi connectivity index (χ4n) is 3.29. The summed E-state index contributed by atoms with van der Waals surface area (Å²) in [5.74, 6) is 1.66. The lowest BCUT2D eigenvalue weighted by Gasteiger charge is -2.34. The highest BCUT2D eigenvalue weighted by molar-refractivity contribution is 14.1. The van der Waals surface area contributed by atoms with Crippen LogP contribution < -0.4 is 5.32 Å². The van der Waals surface area contributed by atoms with Crippen LogP contribution in [0.3, 0.4) is 0 Å². The quantitative estimate of drug-likeness (QED) is 0.613. The molecule has 3 heteroatoms. The highest BCUT2D eigenvalue weighted by atomic mass is 127. The van der Waals surface area contributed by atoms with Gasteiger partial charge in [0.05, 0.1) is 0 Å². The zero-order valence-electron chi connectivity index (χ0n) is 11.8. The number of hydrogen-bond donors (Lipinski definition) is 1. The lowest BCUT2D eigenvalue weighted by atomic mass is 9.76. The molecule has 0 radical (unpaired) electrons. The van der Waals surface area contributed by atoms with Gasteiger partial charge in [-0.1, -0.05) is 42.6 Å². The Labute approximate surface area is 139 Å². The average Bonchev–Trinajstić information content (AvgIpc) is 2.39. The van der Waals surface area contributed by atoms with Crippen LogP contribution in [0.4, 0.5) is 0 Å². The molecule has 0 amide bonds. The van der Waals surface area contributed by atoms with Gasteiger partial charge < -0.3 is 5.32 Å². The van der Waals surface area contributed by atoms with Crippen LogP contribution in [0, 0.1) is 15.4 Å². The SMILES string of the molecule is CCNC(c1cc(Br)ccc1I)C1CCCC(C)C1. The van der Waals surface area contributed by atoms with Crippen molar-refractivity contribution in [3.8, 4) is 0 Å². The maximum atomic E-state index is 3.73. The molecular weight excluding hydrogens is 413 g/mol. The second-order valence-corrected chi connectivity index (χ2v) is 7.81. The fourth-order valence-corrected chi connectivity index (χ4v) is 4.34. The molecule has 1 aromatic rings. The topological polar surface area (TPSA) is 12.0 Å². The minimum Gasteiger partial charge on any atom is -0.310 e. The summed E-state index contributed by atoms with van der Waals surface area (Å²) in [5.41, 5.74) is 1.47. The summed E-state index contributed by atoms with van der Waals surface area (Å²) in [6.07, 6.45) is 5.52. The lowest BCUT2D eigenvalue weighted by molar-refractivity contribution is 0.225. The monoisotopic (exact) mass is 435 g/mol. The van der Waals surface area contributed by atoms with Crippen LogP contribution >= 0.6 is 38.5 Å². The van der Waals surface area contributed by atoms with Crippen molar-refractivity contribution in [2.45, 2.75) is 45.6 Å². The van der Waals surface area contributed by atoms with Crippen LogP contribution in [0.15, 0.2) is 22.7 Å². The summed E-state index contributed by atoms with van der Waals surface area (Å²) in [6, 6.07) is 7.17. The van der Waals surface area contributed by atoms with Crippen molar-refractivity contribution >= 4 is 38.5 Å². The van der Waals surface area contributed by atoms with E-state index in [4.69, 9.17) is 0 Å². The molecule has 3 unspecified atom stereocenters. The molecule has 0 spiro atoms. The Bertz CT molecular complexity index is 421. The molecular formula is C16H23BrIN. The smallest absolute Gasteiger partial charge is 0.0359 e. The van der Waals surface area contributed by atoms with Crippen LogP contribution in [0.5, 0.6) is 0 Å². The van der Waals surface area contributed by atoms with E-state index in [0.717, 1.165) is 18.4 Å². The Balaban J connectivity index is 2.25. The van der Waals surface area contributed by atoms with Crippen LogP contribution in [0.2, 0.25) is 0 Å². The van der Waals surface area contributed by atoms with Crippen LogP contribution in [-0.2, 0) is 0 Å². The van der Waals surface area contributed by atoms with Gasteiger partial charge >= 0.3 is 0 Å². The third kappa shape index (κ3) is 4.18. The largest absolute Gasteiger partial charge is 0.310 e. The molecule has 1 saturated carbocycles. The molecule has 106 valence electrons. The molecule has 1 nitrogen and oxygen atoms in total. The zero-order valence-corrected chi connectivity index (χ0v) is 15.5. The average molecular weight is 436 g/mol. The first-order chi connectivity index (χ1) is 9.11. The van der Waals surface area contributed by atoms with Gasteiger partial charge in [-0.2, -0.15) is 0 Å². The van der Waals surface area contributed by atoms with Crippen molar-refractivity contribution in [1.82, 2.24) is 5.32 Å². The predicted octanol–water partition coefficient (Wildman–Crippen LogP) is 5.53. The third-order valence-electron chi connectivity index (χ3n) is 4.17. The number of halogens is 2. The van der Waals surface area contributed by atoms with Crippen LogP contribution in [-0.4, -0.2) is 6.54 Å². The molecule has 0 saturated heterocycles. The molecule has 1 N–H and O–H groups in total. The van der Waals surface area contributed by atoms with Gasteiger partial charge in [0.2, 0.25) is 0 Å². The predicted molar refractivity (Wildman–Crippen MR) is 94.4 cm³/mol. The van der Waals surface area contributed by atoms with Crippen molar-refractivity contribution < 1.29 is 0 Å². The third-order valence-corrected chi connectivity index (χ3v) is 5.64. The minimum atomic E-state index is 0.511. The van der Waals surface area contributed by atoms with E-state index in [0.29, 0.717) is 6.04 Å². The van der Waals surface area contributed by atoms with Gasteiger partial charge in [0, 0.05) is 14.1 Å². The molecule has 3 atom stereocenters. The van der Waals surface area contributed by atoms with Gasteiger partial charge in [-0.3, -0.25) is 0 Å². The van der Waals surface area contributed by atoms with Gasteiger partial charge in [-0.05, 0) is 77.6 Å². The number of nitrogens with one attached hydrogen (secondary N) is 1. The highest BCUT2D eigenvalue weighted by Gasteiger charge is 2.28. The first kappa shape index (κ1) is 15.8. The van der Waals surface area contributed by atoms with E-state index < -0.39 is 0 Å². The summed E-state index contributed by atoms with van der Waals surface area (Å²) in [4.78, 5) is 0. The molecule has 0 aromatic heterocycles. The Hall–Kier alpha value is 0.390. The summed E-state index contributed by atoms with van der Waals surface area (Å²) in [6.45, 7) is 5.66. The first-order valence-corrected chi connectivity index (χ1v) is 9.17. The molecule has 0 heterocycles. The number of rotatable bonds is 4. The summed E-state index contributed by atoms with van der Waals surface area (Å²) >= 11 is 6.09. The van der Waals surface area contributed by atoms with Crippen LogP contribution in [0.1, 0.15) is 51.1 Å². The fraction of sp³-hybridized carbons (Fsp3) is 0.625. The lowest BCUT2D eigenvalue weighted by Crippen LogP contribution is -2.31. The first-order valence-electron chi connectivity index (χ1n) is 7.30. The van der Waals surface area contributed by atoms with E-state index in [1.807, 2.05) is 0 Å². The van der Waals surface area contributed by atoms with E-state index in [-0.39, 0.29) is 0 Å². The number of hydrogen-bond acceptors (Lipinski definition) is 1. The summed E-state index contributed by atoms with van der Waals surface area (Å²) < 4.78 is 2.57. The normalized spacial score (nSPS) is 25.3. The summed E-state index contributed by atoms with van der Waals surface area (Å²) in [5, 5.41) is 3.73. The van der Waals surface area contributed by atoms with E-state index >= 15 is 0 Å². The minimum absolute atomic E-state index is 0.511. The van der Waals surface area contributed by atoms with Gasteiger partial charge in [-0.25, -0.2) is 0 Å². The molecule has 1 aliphatic rings. The Morgan fingerprint density at radius 2 is 2.21 bits per heavy atom. The van der Waals surface area contributed by atoms with Gasteiger partial charge in [-0.15, -0.1) is 0 Å². The van der Waals surface area contributed by atoms with Crippen molar-refractivity contribution in [3.05, 3.63) is 31.8 Å². The van der Waals surface area contributed by atoms with Gasteiger partial charge in [0.25, 0.3) is 0 Å². The van der Waals surface area contributed by atoms with E-state index in [9.17, 15) is 0 Å². The van der Waals surface area contributed by atoms with Crippen molar-refractivity contribution in [1.29, 1.82) is 0 Å². The van der Waals surface area contributed by atoms with Crippen molar-refractivity contribution in [2.24, 2.45) is 11.8 Å². The van der Waals surface area contributed by atoms with Gasteiger partial charge in [0.1, 0.15) is 0 Å². The maximum Gasteiger partial charge on any atom is 0.0359 e. The molecule has 1 aliphatic carbocycles. The second kappa shape index (κ2) is 7.41. The Kier molecular flexibility index (Phi) is 6.15. The highest BCUT2D eigenvalue weighted by Crippen LogP contribution is 2.39. The molecule has 0 bridgehead atoms. The second-order valence-electron chi connectivity index (χ2n) is 5.73. The standard InChI is InChI=1S/C16H23BrIN/c1-3-19-16(12-6-4-5-11(2)9-12)14-10-13(17)7-8-15(14)18/h7-8,10-12,16,19H,3-6,9H2,1-2H3. The molecule has 1 aromatic carbocycles. The molecule has 19 heavy (non-hydrogen) atoms. The Morgan fingerprint density at radius 3 is 2.89 bits per heavy atom. The van der Waals surface area contributed by atoms with E-state index in [2.05, 4.69) is 75.9 Å². The van der Waals surface area contributed by atoms with Crippen molar-refractivity contribution in [2.75, 3.05) is 6.54 Å².